The van der Waals surface area contributed by atoms with Crippen LogP contribution in [0, 0.1) is 0 Å². The Hall–Kier alpha value is -2.41. The van der Waals surface area contributed by atoms with Gasteiger partial charge in [0.2, 0.25) is 0 Å². The van der Waals surface area contributed by atoms with E-state index in [2.05, 4.69) is 32.9 Å². The Kier molecular flexibility index (Phi) is 7.22. The molecule has 0 aliphatic heterocycles. The van der Waals surface area contributed by atoms with Crippen molar-refractivity contribution in [3.8, 4) is 0 Å². The number of carbonyl (C=O) groups excluding carboxylic acids is 1. The minimum absolute atomic E-state index is 0.0739. The molecule has 1 aromatic carbocycles. The number of amides is 1. The van der Waals surface area contributed by atoms with Crippen LogP contribution in [-0.2, 0) is 13.0 Å². The maximum Gasteiger partial charge on any atom is 0.251 e. The van der Waals surface area contributed by atoms with E-state index < -0.39 is 0 Å². The summed E-state index contributed by atoms with van der Waals surface area (Å²) in [5.74, 6) is 0.618. The highest BCUT2D eigenvalue weighted by Crippen LogP contribution is 2.12. The minimum atomic E-state index is -0.0739. The van der Waals surface area contributed by atoms with Crippen molar-refractivity contribution in [3.63, 3.8) is 0 Å². The second-order valence-corrected chi connectivity index (χ2v) is 6.25. The Morgan fingerprint density at radius 2 is 1.92 bits per heavy atom. The summed E-state index contributed by atoms with van der Waals surface area (Å²) in [6.07, 6.45) is 2.92. The Morgan fingerprint density at radius 1 is 1.17 bits per heavy atom. The normalized spacial score (nSPS) is 11.2. The summed E-state index contributed by atoms with van der Waals surface area (Å²) in [6, 6.07) is 9.17. The highest BCUT2D eigenvalue weighted by Gasteiger charge is 2.04. The molecule has 24 heavy (non-hydrogen) atoms. The van der Waals surface area contributed by atoms with Crippen LogP contribution in [0.5, 0.6) is 0 Å². The third-order valence-corrected chi connectivity index (χ3v) is 4.46. The molecule has 0 radical (unpaired) electrons. The van der Waals surface area contributed by atoms with Crippen molar-refractivity contribution in [3.05, 3.63) is 52.0 Å². The third kappa shape index (κ3) is 5.66. The number of carbonyl (C=O) groups is 1. The van der Waals surface area contributed by atoms with Gasteiger partial charge >= 0.3 is 0 Å². The monoisotopic (exact) mass is 345 g/mol. The molecule has 0 saturated carbocycles. The second-order valence-electron chi connectivity index (χ2n) is 5.05. The van der Waals surface area contributed by atoms with E-state index in [1.807, 2.05) is 24.4 Å². The molecule has 6 nitrogen and oxygen atoms in total. The Labute approximate surface area is 146 Å². The van der Waals surface area contributed by atoms with Crippen molar-refractivity contribution in [2.75, 3.05) is 20.1 Å². The van der Waals surface area contributed by atoms with Gasteiger partial charge < -0.3 is 16.0 Å². The van der Waals surface area contributed by atoms with Crippen LogP contribution in [0.15, 0.2) is 41.5 Å². The van der Waals surface area contributed by atoms with Crippen LogP contribution in [0.4, 0.5) is 0 Å². The second kappa shape index (κ2) is 9.67. The van der Waals surface area contributed by atoms with Crippen LogP contribution in [0.1, 0.15) is 27.2 Å². The maximum absolute atomic E-state index is 11.9. The van der Waals surface area contributed by atoms with Crippen LogP contribution in [0.25, 0.3) is 0 Å². The van der Waals surface area contributed by atoms with Crippen LogP contribution in [-0.4, -0.2) is 37.0 Å². The van der Waals surface area contributed by atoms with E-state index >= 15 is 0 Å². The molecule has 2 aromatic rings. The number of guanidine groups is 1. The summed E-state index contributed by atoms with van der Waals surface area (Å²) in [7, 11) is 1.72. The molecular formula is C17H23N5OS. The molecule has 128 valence electrons. The average molecular weight is 345 g/mol. The van der Waals surface area contributed by atoms with Crippen molar-refractivity contribution >= 4 is 23.2 Å². The molecule has 1 heterocycles. The van der Waals surface area contributed by atoms with Crippen LogP contribution in [0.3, 0.4) is 0 Å². The topological polar surface area (TPSA) is 78.4 Å². The fourth-order valence-electron chi connectivity index (χ4n) is 2.02. The Morgan fingerprint density at radius 3 is 2.58 bits per heavy atom. The van der Waals surface area contributed by atoms with Crippen molar-refractivity contribution in [2.45, 2.75) is 19.9 Å². The fourth-order valence-corrected chi connectivity index (χ4v) is 2.82. The van der Waals surface area contributed by atoms with Crippen molar-refractivity contribution in [1.82, 2.24) is 20.9 Å². The number of aliphatic imine (C=N–C) groups is 1. The number of nitrogens with zero attached hydrogens (tertiary/aromatic N) is 2. The summed E-state index contributed by atoms with van der Waals surface area (Å²) in [5, 5.41) is 10.3. The average Bonchev–Trinajstić information content (AvgIpc) is 3.09. The highest BCUT2D eigenvalue weighted by atomic mass is 32.1. The number of aromatic nitrogens is 1. The SMILES string of the molecule is CCc1cnc(CNC(=NC)NCCNC(=O)c2ccccc2)s1. The van der Waals surface area contributed by atoms with E-state index in [0.717, 1.165) is 11.4 Å². The van der Waals surface area contributed by atoms with E-state index in [1.165, 1.54) is 4.88 Å². The summed E-state index contributed by atoms with van der Waals surface area (Å²) in [6.45, 7) is 3.87. The number of thiazole rings is 1. The number of aryl methyl sites for hydroxylation is 1. The maximum atomic E-state index is 11.9. The molecule has 0 aliphatic rings. The summed E-state index contributed by atoms with van der Waals surface area (Å²) in [4.78, 5) is 21.7. The lowest BCUT2D eigenvalue weighted by atomic mass is 10.2. The lowest BCUT2D eigenvalue weighted by molar-refractivity contribution is 0.0954. The molecule has 0 unspecified atom stereocenters. The zero-order chi connectivity index (χ0) is 17.2. The first-order valence-corrected chi connectivity index (χ1v) is 8.76. The molecule has 0 bridgehead atoms. The van der Waals surface area contributed by atoms with Gasteiger partial charge in [0, 0.05) is 36.8 Å². The molecule has 0 fully saturated rings. The highest BCUT2D eigenvalue weighted by molar-refractivity contribution is 7.11. The summed E-state index contributed by atoms with van der Waals surface area (Å²) >= 11 is 1.70. The molecule has 3 N–H and O–H groups in total. The van der Waals surface area contributed by atoms with Gasteiger partial charge in [-0.2, -0.15) is 0 Å². The zero-order valence-corrected chi connectivity index (χ0v) is 14.8. The van der Waals surface area contributed by atoms with Crippen LogP contribution in [0.2, 0.25) is 0 Å². The lowest BCUT2D eigenvalue weighted by Gasteiger charge is -2.11. The molecule has 0 aliphatic carbocycles. The number of nitrogens with one attached hydrogen (secondary N) is 3. The van der Waals surface area contributed by atoms with Crippen molar-refractivity contribution in [2.24, 2.45) is 4.99 Å². The van der Waals surface area contributed by atoms with Crippen LogP contribution < -0.4 is 16.0 Å². The number of hydrogen-bond donors (Lipinski definition) is 3. The van der Waals surface area contributed by atoms with Gasteiger partial charge in [0.25, 0.3) is 5.91 Å². The van der Waals surface area contributed by atoms with E-state index in [1.54, 1.807) is 30.5 Å². The van der Waals surface area contributed by atoms with E-state index in [4.69, 9.17) is 0 Å². The predicted octanol–water partition coefficient (Wildman–Crippen LogP) is 1.80. The Bertz CT molecular complexity index is 669. The molecule has 1 amide bonds. The third-order valence-electron chi connectivity index (χ3n) is 3.32. The van der Waals surface area contributed by atoms with Gasteiger partial charge in [0.15, 0.2) is 5.96 Å². The summed E-state index contributed by atoms with van der Waals surface area (Å²) < 4.78 is 0. The number of rotatable bonds is 7. The van der Waals surface area contributed by atoms with Gasteiger partial charge in [-0.3, -0.25) is 9.79 Å². The Balaban J connectivity index is 1.67. The summed E-state index contributed by atoms with van der Waals surface area (Å²) in [5.41, 5.74) is 0.663. The van der Waals surface area contributed by atoms with E-state index in [0.29, 0.717) is 31.2 Å². The standard InChI is InChI=1S/C17H23N5OS/c1-3-14-11-21-15(24-14)12-22-17(18-2)20-10-9-19-16(23)13-7-5-4-6-8-13/h4-8,11H,3,9-10,12H2,1-2H3,(H,19,23)(H2,18,20,22). The van der Waals surface area contributed by atoms with Crippen LogP contribution >= 0.6 is 11.3 Å². The van der Waals surface area contributed by atoms with Crippen molar-refractivity contribution in [1.29, 1.82) is 0 Å². The van der Waals surface area contributed by atoms with Gasteiger partial charge in [0.1, 0.15) is 5.01 Å². The number of benzene rings is 1. The zero-order valence-electron chi connectivity index (χ0n) is 14.0. The smallest absolute Gasteiger partial charge is 0.251 e. The first-order chi connectivity index (χ1) is 11.7. The minimum Gasteiger partial charge on any atom is -0.355 e. The molecular weight excluding hydrogens is 322 g/mol. The first kappa shape index (κ1) is 17.9. The fraction of sp³-hybridized carbons (Fsp3) is 0.353. The molecule has 2 rings (SSSR count). The largest absolute Gasteiger partial charge is 0.355 e. The molecule has 0 atom stereocenters. The van der Waals surface area contributed by atoms with Gasteiger partial charge in [0.05, 0.1) is 6.54 Å². The van der Waals surface area contributed by atoms with E-state index in [-0.39, 0.29) is 5.91 Å². The lowest BCUT2D eigenvalue weighted by Crippen LogP contribution is -2.41. The quantitative estimate of drug-likeness (QED) is 0.406. The van der Waals surface area contributed by atoms with Gasteiger partial charge in [-0.25, -0.2) is 4.98 Å². The predicted molar refractivity (Wildman–Crippen MR) is 98.5 cm³/mol. The van der Waals surface area contributed by atoms with Crippen molar-refractivity contribution < 1.29 is 4.79 Å². The molecule has 7 heteroatoms. The molecule has 1 aromatic heterocycles. The van der Waals surface area contributed by atoms with Gasteiger partial charge in [-0.15, -0.1) is 11.3 Å². The molecule has 0 spiro atoms. The first-order valence-electron chi connectivity index (χ1n) is 7.94. The van der Waals surface area contributed by atoms with Gasteiger partial charge in [-0.05, 0) is 18.6 Å². The van der Waals surface area contributed by atoms with Gasteiger partial charge in [-0.1, -0.05) is 25.1 Å². The number of hydrogen-bond acceptors (Lipinski definition) is 4. The molecule has 0 saturated heterocycles. The van der Waals surface area contributed by atoms with E-state index in [9.17, 15) is 4.79 Å².